The number of pyridine rings is 1. The van der Waals surface area contributed by atoms with Crippen LogP contribution in [-0.2, 0) is 14.3 Å². The van der Waals surface area contributed by atoms with E-state index in [1.807, 2.05) is 12.1 Å². The molecule has 1 aliphatic rings. The van der Waals surface area contributed by atoms with Crippen molar-refractivity contribution >= 4 is 67.9 Å². The molecule has 0 aliphatic carbocycles. The van der Waals surface area contributed by atoms with Crippen molar-refractivity contribution in [1.82, 2.24) is 15.2 Å². The van der Waals surface area contributed by atoms with Gasteiger partial charge < -0.3 is 20.7 Å². The summed E-state index contributed by atoms with van der Waals surface area (Å²) in [4.78, 5) is 72.9. The molecule has 48 heavy (non-hydrogen) atoms. The van der Waals surface area contributed by atoms with Gasteiger partial charge in [0.15, 0.2) is 0 Å². The molecule has 0 radical (unpaired) electrons. The second kappa shape index (κ2) is 14.3. The lowest BCUT2D eigenvalue weighted by Crippen LogP contribution is -2.51. The minimum atomic E-state index is -1.38. The first-order valence-electron chi connectivity index (χ1n) is 15.5. The predicted octanol–water partition coefficient (Wildman–Crippen LogP) is 6.65. The number of anilines is 2. The minimum Gasteiger partial charge on any atom is -0.444 e. The molecule has 0 saturated heterocycles. The van der Waals surface area contributed by atoms with E-state index in [1.54, 1.807) is 87.6 Å². The molecule has 0 spiro atoms. The Balaban J connectivity index is 1.60. The van der Waals surface area contributed by atoms with Crippen LogP contribution >= 0.6 is 15.9 Å². The number of hydrogen-bond acceptors (Lipinski definition) is 7. The Hall–Kier alpha value is -5.10. The van der Waals surface area contributed by atoms with Crippen LogP contribution in [0.3, 0.4) is 0 Å². The Labute approximate surface area is 286 Å². The third-order valence-corrected chi connectivity index (χ3v) is 8.41. The lowest BCUT2D eigenvalue weighted by Gasteiger charge is -2.34. The number of para-hydroxylation sites is 2. The summed E-state index contributed by atoms with van der Waals surface area (Å²) < 4.78 is 5.92. The molecule has 1 aromatic heterocycles. The van der Waals surface area contributed by atoms with Gasteiger partial charge in [0.1, 0.15) is 11.6 Å². The van der Waals surface area contributed by atoms with E-state index >= 15 is 0 Å². The van der Waals surface area contributed by atoms with Gasteiger partial charge in [0, 0.05) is 35.4 Å². The first kappa shape index (κ1) is 34.2. The lowest BCUT2D eigenvalue weighted by molar-refractivity contribution is -0.120. The molecule has 12 heteroatoms. The van der Waals surface area contributed by atoms with E-state index in [1.165, 1.54) is 6.92 Å². The molecule has 1 aliphatic heterocycles. The summed E-state index contributed by atoms with van der Waals surface area (Å²) in [6, 6.07) is 19.3. The van der Waals surface area contributed by atoms with Gasteiger partial charge in [-0.25, -0.2) is 4.79 Å². The van der Waals surface area contributed by atoms with E-state index in [0.717, 1.165) is 10.3 Å². The number of alkyl carbamates (subject to hydrolysis) is 1. The van der Waals surface area contributed by atoms with Gasteiger partial charge in [0.05, 0.1) is 28.0 Å². The van der Waals surface area contributed by atoms with Crippen LogP contribution in [0.25, 0.3) is 10.9 Å². The number of carbonyl (C=O) groups excluding carboxylic acids is 5. The number of carbonyl (C=O) groups is 5. The highest BCUT2D eigenvalue weighted by molar-refractivity contribution is 9.10. The zero-order valence-electron chi connectivity index (χ0n) is 27.0. The number of imide groups is 1. The molecule has 0 fully saturated rings. The van der Waals surface area contributed by atoms with Crippen molar-refractivity contribution in [3.63, 3.8) is 0 Å². The van der Waals surface area contributed by atoms with Crippen molar-refractivity contribution in [2.24, 2.45) is 0 Å². The number of amides is 5. The number of aromatic nitrogens is 1. The van der Waals surface area contributed by atoms with Crippen LogP contribution in [0, 0.1) is 0 Å². The fourth-order valence-corrected chi connectivity index (χ4v) is 6.30. The number of hydrogen-bond donors (Lipinski definition) is 3. The normalized spacial score (nSPS) is 13.9. The van der Waals surface area contributed by atoms with Crippen LogP contribution in [0.4, 0.5) is 16.2 Å². The molecule has 11 nitrogen and oxygen atoms in total. The topological polar surface area (TPSA) is 147 Å². The summed E-state index contributed by atoms with van der Waals surface area (Å²) in [5, 5.41) is 9.33. The molecule has 3 N–H and O–H groups in total. The molecule has 2 atom stereocenters. The SMILES string of the molecule is CC(=O)Nc1c(Br)cccc1[C@@H](CCCNC(=O)OC(C)(C)C)[C@@H](C(=O)Nc1cccc2cccnc12)N1C(=O)c2ccccc2C1=O. The number of nitrogens with one attached hydrogen (secondary N) is 3. The summed E-state index contributed by atoms with van der Waals surface area (Å²) in [7, 11) is 0. The van der Waals surface area contributed by atoms with Crippen LogP contribution in [0.15, 0.2) is 83.5 Å². The Morgan fingerprint density at radius 2 is 1.56 bits per heavy atom. The maximum atomic E-state index is 14.6. The van der Waals surface area contributed by atoms with Crippen molar-refractivity contribution in [2.75, 3.05) is 17.2 Å². The lowest BCUT2D eigenvalue weighted by atomic mass is 9.84. The number of benzene rings is 3. The van der Waals surface area contributed by atoms with Crippen molar-refractivity contribution in [1.29, 1.82) is 0 Å². The van der Waals surface area contributed by atoms with Crippen molar-refractivity contribution < 1.29 is 28.7 Å². The van der Waals surface area contributed by atoms with Gasteiger partial charge in [-0.3, -0.25) is 29.1 Å². The van der Waals surface area contributed by atoms with Crippen LogP contribution in [0.5, 0.6) is 0 Å². The molecule has 0 bridgehead atoms. The van der Waals surface area contributed by atoms with Gasteiger partial charge in [0.2, 0.25) is 11.8 Å². The first-order valence-corrected chi connectivity index (χ1v) is 16.3. The second-order valence-corrected chi connectivity index (χ2v) is 13.3. The fourth-order valence-electron chi connectivity index (χ4n) is 5.82. The van der Waals surface area contributed by atoms with Gasteiger partial charge >= 0.3 is 6.09 Å². The van der Waals surface area contributed by atoms with Gasteiger partial charge in [-0.1, -0.05) is 42.5 Å². The van der Waals surface area contributed by atoms with Gasteiger partial charge in [-0.2, -0.15) is 0 Å². The number of fused-ring (bicyclic) bond motifs is 2. The number of halogens is 1. The maximum absolute atomic E-state index is 14.6. The van der Waals surface area contributed by atoms with E-state index in [4.69, 9.17) is 4.74 Å². The van der Waals surface area contributed by atoms with Crippen LogP contribution in [-0.4, -0.2) is 57.8 Å². The van der Waals surface area contributed by atoms with Gasteiger partial charge in [0.25, 0.3) is 11.8 Å². The summed E-state index contributed by atoms with van der Waals surface area (Å²) >= 11 is 3.53. The molecule has 4 aromatic rings. The largest absolute Gasteiger partial charge is 0.444 e. The molecule has 5 rings (SSSR count). The summed E-state index contributed by atoms with van der Waals surface area (Å²) in [6.07, 6.45) is 1.57. The van der Waals surface area contributed by atoms with Gasteiger partial charge in [-0.05, 0) is 85.4 Å². The minimum absolute atomic E-state index is 0.179. The second-order valence-electron chi connectivity index (χ2n) is 12.4. The maximum Gasteiger partial charge on any atom is 0.407 e. The number of nitrogens with zero attached hydrogens (tertiary/aromatic N) is 2. The number of rotatable bonds is 10. The zero-order chi connectivity index (χ0) is 34.6. The Kier molecular flexibility index (Phi) is 10.2. The van der Waals surface area contributed by atoms with E-state index in [2.05, 4.69) is 36.9 Å². The van der Waals surface area contributed by atoms with E-state index in [9.17, 15) is 24.0 Å². The smallest absolute Gasteiger partial charge is 0.407 e. The fraction of sp³-hybridized carbons (Fsp3) is 0.278. The summed E-state index contributed by atoms with van der Waals surface area (Å²) in [5.41, 5.74) is 1.54. The highest BCUT2D eigenvalue weighted by Crippen LogP contribution is 2.40. The third kappa shape index (κ3) is 7.54. The average molecular weight is 715 g/mol. The van der Waals surface area contributed by atoms with Crippen molar-refractivity contribution in [3.05, 3.63) is 100 Å². The van der Waals surface area contributed by atoms with Crippen molar-refractivity contribution in [2.45, 2.75) is 58.1 Å². The van der Waals surface area contributed by atoms with Crippen molar-refractivity contribution in [3.8, 4) is 0 Å². The molecular formula is C36H36BrN5O6. The highest BCUT2D eigenvalue weighted by Gasteiger charge is 2.47. The quantitative estimate of drug-likeness (QED) is 0.123. The van der Waals surface area contributed by atoms with E-state index < -0.39 is 41.4 Å². The molecule has 0 saturated carbocycles. The predicted molar refractivity (Wildman–Crippen MR) is 186 cm³/mol. The molecule has 0 unspecified atom stereocenters. The van der Waals surface area contributed by atoms with Crippen LogP contribution < -0.4 is 16.0 Å². The Bertz CT molecular complexity index is 1870. The highest BCUT2D eigenvalue weighted by atomic mass is 79.9. The third-order valence-electron chi connectivity index (χ3n) is 7.75. The number of ether oxygens (including phenoxy) is 1. The summed E-state index contributed by atoms with van der Waals surface area (Å²) in [6.45, 7) is 6.83. The molecule has 5 amide bonds. The Morgan fingerprint density at radius 3 is 2.23 bits per heavy atom. The molecule has 2 heterocycles. The monoisotopic (exact) mass is 713 g/mol. The van der Waals surface area contributed by atoms with Crippen LogP contribution in [0.2, 0.25) is 0 Å². The standard InChI is InChI=1S/C36H36BrN5O6/c1-21(43)40-30-23(15-8-17-27(30)37)24(16-10-20-39-35(47)48-36(2,3)4)31(42-33(45)25-13-5-6-14-26(25)34(42)46)32(44)41-28-18-7-11-22-12-9-19-38-29(22)28/h5-9,11-15,17-19,24,31H,10,16,20H2,1-4H3,(H,39,47)(H,40,43)(H,41,44)/t24-,31+/m1/s1. The molecule has 3 aromatic carbocycles. The van der Waals surface area contributed by atoms with E-state index in [-0.39, 0.29) is 30.0 Å². The zero-order valence-corrected chi connectivity index (χ0v) is 28.6. The summed E-state index contributed by atoms with van der Waals surface area (Å²) in [5.74, 6) is -3.03. The molecular weight excluding hydrogens is 678 g/mol. The van der Waals surface area contributed by atoms with Crippen LogP contribution in [0.1, 0.15) is 72.7 Å². The van der Waals surface area contributed by atoms with Gasteiger partial charge in [-0.15, -0.1) is 0 Å². The first-order chi connectivity index (χ1) is 22.9. The average Bonchev–Trinajstić information content (AvgIpc) is 3.28. The Morgan fingerprint density at radius 1 is 0.896 bits per heavy atom. The van der Waals surface area contributed by atoms with E-state index in [0.29, 0.717) is 33.3 Å². The molecule has 248 valence electrons.